The van der Waals surface area contributed by atoms with Crippen LogP contribution in [0.5, 0.6) is 0 Å². The number of hydrogen-bond donors (Lipinski definition) is 0. The van der Waals surface area contributed by atoms with Crippen LogP contribution in [0, 0.1) is 0 Å². The summed E-state index contributed by atoms with van der Waals surface area (Å²) in [5.74, 6) is -1.48. The van der Waals surface area contributed by atoms with Gasteiger partial charge in [0.2, 0.25) is 5.91 Å². The van der Waals surface area contributed by atoms with Crippen molar-refractivity contribution < 1.29 is 22.7 Å². The first-order chi connectivity index (χ1) is 14.8. The summed E-state index contributed by atoms with van der Waals surface area (Å²) in [4.78, 5) is 28.8. The second-order valence-electron chi connectivity index (χ2n) is 6.72. The van der Waals surface area contributed by atoms with Crippen LogP contribution in [0.15, 0.2) is 53.5 Å². The molecule has 7 nitrogen and oxygen atoms in total. The molecule has 31 heavy (non-hydrogen) atoms. The third-order valence-electron chi connectivity index (χ3n) is 4.31. The van der Waals surface area contributed by atoms with Gasteiger partial charge in [0.1, 0.15) is 6.54 Å². The number of sulfone groups is 1. The maximum absolute atomic E-state index is 12.4. The Labute approximate surface area is 188 Å². The van der Waals surface area contributed by atoms with Crippen LogP contribution in [0.1, 0.15) is 18.9 Å². The van der Waals surface area contributed by atoms with E-state index in [1.807, 2.05) is 6.07 Å². The molecule has 0 aliphatic heterocycles. The SMILES string of the molecule is CCOC(=O)Cn1c(=NC(=O)CCS(=O)(=O)Cc2ccccc2)sc2cc(Cl)ccc21. The van der Waals surface area contributed by atoms with Gasteiger partial charge < -0.3 is 9.30 Å². The van der Waals surface area contributed by atoms with Gasteiger partial charge in [-0.25, -0.2) is 8.42 Å². The Kier molecular flexibility index (Phi) is 7.64. The van der Waals surface area contributed by atoms with Gasteiger partial charge in [0, 0.05) is 11.4 Å². The van der Waals surface area contributed by atoms with E-state index in [1.165, 1.54) is 11.3 Å². The molecule has 1 heterocycles. The van der Waals surface area contributed by atoms with E-state index in [9.17, 15) is 18.0 Å². The summed E-state index contributed by atoms with van der Waals surface area (Å²) >= 11 is 7.25. The molecule has 0 saturated carbocycles. The number of carbonyl (C=O) groups excluding carboxylic acids is 2. The van der Waals surface area contributed by atoms with Crippen molar-refractivity contribution in [2.75, 3.05) is 12.4 Å². The van der Waals surface area contributed by atoms with Crippen molar-refractivity contribution in [2.45, 2.75) is 25.6 Å². The lowest BCUT2D eigenvalue weighted by Crippen LogP contribution is -2.23. The lowest BCUT2D eigenvalue weighted by atomic mass is 10.2. The molecule has 0 bridgehead atoms. The number of fused-ring (bicyclic) bond motifs is 1. The summed E-state index contributed by atoms with van der Waals surface area (Å²) in [7, 11) is -3.46. The van der Waals surface area contributed by atoms with E-state index in [4.69, 9.17) is 16.3 Å². The van der Waals surface area contributed by atoms with E-state index in [0.29, 0.717) is 16.1 Å². The third kappa shape index (κ3) is 6.49. The number of carbonyl (C=O) groups is 2. The summed E-state index contributed by atoms with van der Waals surface area (Å²) < 4.78 is 32.0. The van der Waals surface area contributed by atoms with Crippen molar-refractivity contribution in [1.82, 2.24) is 4.57 Å². The van der Waals surface area contributed by atoms with Crippen LogP contribution in [-0.2, 0) is 36.5 Å². The Morgan fingerprint density at radius 3 is 2.61 bits per heavy atom. The molecule has 0 saturated heterocycles. The Balaban J connectivity index is 1.82. The summed E-state index contributed by atoms with van der Waals surface area (Å²) in [5, 5.41) is 0.516. The molecule has 0 aliphatic carbocycles. The fraction of sp³-hybridized carbons (Fsp3) is 0.286. The largest absolute Gasteiger partial charge is 0.465 e. The molecule has 0 N–H and O–H groups in total. The van der Waals surface area contributed by atoms with Gasteiger partial charge in [-0.3, -0.25) is 9.59 Å². The van der Waals surface area contributed by atoms with E-state index in [1.54, 1.807) is 54.0 Å². The lowest BCUT2D eigenvalue weighted by molar-refractivity contribution is -0.143. The average molecular weight is 481 g/mol. The minimum atomic E-state index is -3.46. The Morgan fingerprint density at radius 1 is 1.16 bits per heavy atom. The van der Waals surface area contributed by atoms with Crippen LogP contribution >= 0.6 is 22.9 Å². The quantitative estimate of drug-likeness (QED) is 0.461. The predicted molar refractivity (Wildman–Crippen MR) is 121 cm³/mol. The standard InChI is InChI=1S/C21H21ClN2O5S2/c1-2-29-20(26)13-24-17-9-8-16(22)12-18(17)30-21(24)23-19(25)10-11-31(27,28)14-15-6-4-3-5-7-15/h3-9,12H,2,10-11,13-14H2,1H3. The number of amides is 1. The lowest BCUT2D eigenvalue weighted by Gasteiger charge is -2.05. The van der Waals surface area contributed by atoms with Gasteiger partial charge in [-0.2, -0.15) is 4.99 Å². The first-order valence-electron chi connectivity index (χ1n) is 9.54. The topological polar surface area (TPSA) is 94.8 Å². The molecule has 0 unspecified atom stereocenters. The average Bonchev–Trinajstić information content (AvgIpc) is 3.03. The van der Waals surface area contributed by atoms with Crippen molar-refractivity contribution in [3.05, 3.63) is 63.9 Å². The van der Waals surface area contributed by atoms with Gasteiger partial charge >= 0.3 is 5.97 Å². The van der Waals surface area contributed by atoms with Gasteiger partial charge in [0.15, 0.2) is 14.6 Å². The molecule has 0 aliphatic rings. The maximum atomic E-state index is 12.4. The predicted octanol–water partition coefficient (Wildman–Crippen LogP) is 3.35. The highest BCUT2D eigenvalue weighted by molar-refractivity contribution is 7.90. The fourth-order valence-corrected chi connectivity index (χ4v) is 5.58. The molecule has 3 rings (SSSR count). The number of thiazole rings is 1. The second kappa shape index (κ2) is 10.2. The molecule has 0 atom stereocenters. The summed E-state index contributed by atoms with van der Waals surface area (Å²) in [6.07, 6.45) is -0.246. The molecule has 164 valence electrons. The van der Waals surface area contributed by atoms with E-state index in [-0.39, 0.29) is 35.9 Å². The Hall–Kier alpha value is -2.49. The Morgan fingerprint density at radius 2 is 1.90 bits per heavy atom. The smallest absolute Gasteiger partial charge is 0.326 e. The summed E-state index contributed by atoms with van der Waals surface area (Å²) in [6.45, 7) is 1.82. The fourth-order valence-electron chi connectivity index (χ4n) is 2.93. The monoisotopic (exact) mass is 480 g/mol. The van der Waals surface area contributed by atoms with E-state index >= 15 is 0 Å². The summed E-state index contributed by atoms with van der Waals surface area (Å²) in [6, 6.07) is 13.9. The van der Waals surface area contributed by atoms with E-state index in [0.717, 1.165) is 4.70 Å². The highest BCUT2D eigenvalue weighted by Crippen LogP contribution is 2.22. The normalized spacial score (nSPS) is 12.3. The first-order valence-corrected chi connectivity index (χ1v) is 12.6. The highest BCUT2D eigenvalue weighted by atomic mass is 35.5. The van der Waals surface area contributed by atoms with Crippen LogP contribution in [0.25, 0.3) is 10.2 Å². The zero-order chi connectivity index (χ0) is 22.4. The molecule has 10 heteroatoms. The van der Waals surface area contributed by atoms with Crippen molar-refractivity contribution in [3.8, 4) is 0 Å². The first kappa shape index (κ1) is 23.2. The van der Waals surface area contributed by atoms with Crippen molar-refractivity contribution in [3.63, 3.8) is 0 Å². The van der Waals surface area contributed by atoms with Gasteiger partial charge in [0.05, 0.1) is 28.3 Å². The van der Waals surface area contributed by atoms with Crippen molar-refractivity contribution in [1.29, 1.82) is 0 Å². The van der Waals surface area contributed by atoms with E-state index in [2.05, 4.69) is 4.99 Å². The number of halogens is 1. The number of benzene rings is 2. The molecular weight excluding hydrogens is 460 g/mol. The van der Waals surface area contributed by atoms with Crippen molar-refractivity contribution >= 4 is 54.9 Å². The number of hydrogen-bond acceptors (Lipinski definition) is 6. The Bertz CT molecular complexity index is 1260. The molecular formula is C21H21ClN2O5S2. The number of ether oxygens (including phenoxy) is 1. The van der Waals surface area contributed by atoms with Crippen LogP contribution < -0.4 is 4.80 Å². The molecule has 1 amide bonds. The molecule has 2 aromatic carbocycles. The second-order valence-corrected chi connectivity index (χ2v) is 10.4. The molecule has 0 spiro atoms. The van der Waals surface area contributed by atoms with Crippen LogP contribution in [0.2, 0.25) is 5.02 Å². The third-order valence-corrected chi connectivity index (χ3v) is 7.19. The molecule has 1 aromatic heterocycles. The minimum absolute atomic E-state index is 0.117. The number of rotatable bonds is 8. The zero-order valence-corrected chi connectivity index (χ0v) is 19.2. The minimum Gasteiger partial charge on any atom is -0.465 e. The molecule has 0 radical (unpaired) electrons. The number of esters is 1. The zero-order valence-electron chi connectivity index (χ0n) is 16.8. The van der Waals surface area contributed by atoms with E-state index < -0.39 is 21.7 Å². The van der Waals surface area contributed by atoms with Crippen LogP contribution in [-0.4, -0.2) is 37.2 Å². The maximum Gasteiger partial charge on any atom is 0.326 e. The van der Waals surface area contributed by atoms with Crippen LogP contribution in [0.4, 0.5) is 0 Å². The molecule has 3 aromatic rings. The van der Waals surface area contributed by atoms with Gasteiger partial charge in [0.25, 0.3) is 0 Å². The summed E-state index contributed by atoms with van der Waals surface area (Å²) in [5.41, 5.74) is 1.35. The van der Waals surface area contributed by atoms with Crippen LogP contribution in [0.3, 0.4) is 0 Å². The highest BCUT2D eigenvalue weighted by Gasteiger charge is 2.16. The molecule has 0 fully saturated rings. The van der Waals surface area contributed by atoms with Gasteiger partial charge in [-0.15, -0.1) is 0 Å². The number of aromatic nitrogens is 1. The van der Waals surface area contributed by atoms with Gasteiger partial charge in [-0.05, 0) is 30.7 Å². The van der Waals surface area contributed by atoms with Gasteiger partial charge in [-0.1, -0.05) is 53.3 Å². The number of nitrogens with zero attached hydrogens (tertiary/aromatic N) is 2. The van der Waals surface area contributed by atoms with Crippen molar-refractivity contribution in [2.24, 2.45) is 4.99 Å².